The molecule has 0 bridgehead atoms. The number of methoxy groups -OCH3 is 2. The Morgan fingerprint density at radius 2 is 1.77 bits per heavy atom. The average Bonchev–Trinajstić information content (AvgIpc) is 3.12. The van der Waals surface area contributed by atoms with Crippen molar-refractivity contribution in [1.29, 1.82) is 5.26 Å². The van der Waals surface area contributed by atoms with E-state index in [4.69, 9.17) is 29.4 Å². The molecule has 132 valence electrons. The van der Waals surface area contributed by atoms with Crippen molar-refractivity contribution in [3.05, 3.63) is 52.9 Å². The van der Waals surface area contributed by atoms with E-state index < -0.39 is 5.92 Å². The number of allylic oxidation sites excluding steroid dienone is 1. The molecular formula is C19H16N2O5. The monoisotopic (exact) mass is 352 g/mol. The van der Waals surface area contributed by atoms with Crippen LogP contribution in [0.1, 0.15) is 17.0 Å². The standard InChI is InChI=1S/C19H16N2O5/c1-22-13-4-3-10(5-15(13)23-2)18-11-6-16-17(25-9-24-16)7-14(11)26-19(21)12(18)8-20/h3-7,18H,9,21H2,1-2H3/t18-/m1/s1. The van der Waals surface area contributed by atoms with Crippen molar-refractivity contribution in [2.24, 2.45) is 5.73 Å². The van der Waals surface area contributed by atoms with Crippen molar-refractivity contribution in [1.82, 2.24) is 0 Å². The molecule has 0 saturated heterocycles. The number of benzene rings is 2. The minimum Gasteiger partial charge on any atom is -0.493 e. The highest BCUT2D eigenvalue weighted by Crippen LogP contribution is 2.48. The van der Waals surface area contributed by atoms with Gasteiger partial charge in [-0.15, -0.1) is 0 Å². The van der Waals surface area contributed by atoms with Gasteiger partial charge in [-0.25, -0.2) is 0 Å². The molecule has 0 unspecified atom stereocenters. The van der Waals surface area contributed by atoms with Crippen LogP contribution in [-0.2, 0) is 0 Å². The summed E-state index contributed by atoms with van der Waals surface area (Å²) in [6.07, 6.45) is 0. The van der Waals surface area contributed by atoms with E-state index in [2.05, 4.69) is 6.07 Å². The first-order valence-electron chi connectivity index (χ1n) is 7.89. The molecule has 0 aromatic heterocycles. The molecule has 2 aliphatic heterocycles. The van der Waals surface area contributed by atoms with Gasteiger partial charge in [0.2, 0.25) is 12.7 Å². The quantitative estimate of drug-likeness (QED) is 0.907. The van der Waals surface area contributed by atoms with Gasteiger partial charge in [0.1, 0.15) is 17.4 Å². The Kier molecular flexibility index (Phi) is 3.73. The first-order chi connectivity index (χ1) is 12.7. The lowest BCUT2D eigenvalue weighted by atomic mass is 9.83. The molecule has 7 nitrogen and oxygen atoms in total. The number of nitrogens with two attached hydrogens (primary N) is 1. The molecule has 1 atom stereocenters. The van der Waals surface area contributed by atoms with Crippen LogP contribution in [0.5, 0.6) is 28.7 Å². The molecule has 7 heteroatoms. The van der Waals surface area contributed by atoms with E-state index in [1.807, 2.05) is 18.2 Å². The second-order valence-corrected chi connectivity index (χ2v) is 5.78. The summed E-state index contributed by atoms with van der Waals surface area (Å²) in [7, 11) is 3.13. The molecule has 2 aliphatic rings. The molecule has 2 heterocycles. The lowest BCUT2D eigenvalue weighted by Gasteiger charge is -2.27. The molecule has 4 rings (SSSR count). The van der Waals surface area contributed by atoms with Crippen LogP contribution >= 0.6 is 0 Å². The van der Waals surface area contributed by atoms with Gasteiger partial charge in [-0.3, -0.25) is 0 Å². The summed E-state index contributed by atoms with van der Waals surface area (Å²) in [5.74, 6) is 2.54. The maximum Gasteiger partial charge on any atom is 0.231 e. The number of nitrogens with zero attached hydrogens (tertiary/aromatic N) is 1. The first-order valence-corrected chi connectivity index (χ1v) is 7.89. The molecule has 0 radical (unpaired) electrons. The number of ether oxygens (including phenoxy) is 5. The number of hydrogen-bond donors (Lipinski definition) is 1. The van der Waals surface area contributed by atoms with E-state index in [0.717, 1.165) is 11.1 Å². The SMILES string of the molecule is COc1ccc([C@H]2C(C#N)=C(N)Oc3cc4c(cc32)OCO4)cc1OC. The summed E-state index contributed by atoms with van der Waals surface area (Å²) in [5.41, 5.74) is 7.93. The van der Waals surface area contributed by atoms with Crippen molar-refractivity contribution in [2.75, 3.05) is 21.0 Å². The van der Waals surface area contributed by atoms with Gasteiger partial charge >= 0.3 is 0 Å². The summed E-state index contributed by atoms with van der Waals surface area (Å²) >= 11 is 0. The highest BCUT2D eigenvalue weighted by atomic mass is 16.7. The Hall–Kier alpha value is -3.53. The van der Waals surface area contributed by atoms with Crippen LogP contribution in [0.3, 0.4) is 0 Å². The van der Waals surface area contributed by atoms with E-state index in [1.54, 1.807) is 26.4 Å². The van der Waals surface area contributed by atoms with Gasteiger partial charge in [0.05, 0.1) is 20.1 Å². The fourth-order valence-electron chi connectivity index (χ4n) is 3.22. The zero-order valence-electron chi connectivity index (χ0n) is 14.2. The van der Waals surface area contributed by atoms with Gasteiger partial charge in [0.25, 0.3) is 0 Å². The van der Waals surface area contributed by atoms with Crippen LogP contribution in [0.2, 0.25) is 0 Å². The molecule has 2 N–H and O–H groups in total. The molecule has 0 aliphatic carbocycles. The number of nitriles is 1. The second kappa shape index (κ2) is 6.08. The van der Waals surface area contributed by atoms with Gasteiger partial charge in [0.15, 0.2) is 23.0 Å². The second-order valence-electron chi connectivity index (χ2n) is 5.78. The van der Waals surface area contributed by atoms with Gasteiger partial charge in [-0.2, -0.15) is 5.26 Å². The average molecular weight is 352 g/mol. The fourth-order valence-corrected chi connectivity index (χ4v) is 3.22. The predicted octanol–water partition coefficient (Wildman–Crippen LogP) is 2.65. The van der Waals surface area contributed by atoms with Crippen molar-refractivity contribution in [3.63, 3.8) is 0 Å². The summed E-state index contributed by atoms with van der Waals surface area (Å²) in [6.45, 7) is 0.146. The smallest absolute Gasteiger partial charge is 0.231 e. The Bertz CT molecular complexity index is 961. The third-order valence-corrected chi connectivity index (χ3v) is 4.45. The van der Waals surface area contributed by atoms with E-state index in [9.17, 15) is 5.26 Å². The fraction of sp³-hybridized carbons (Fsp3) is 0.211. The van der Waals surface area contributed by atoms with Crippen LogP contribution in [0.15, 0.2) is 41.8 Å². The van der Waals surface area contributed by atoms with Gasteiger partial charge < -0.3 is 29.4 Å². The van der Waals surface area contributed by atoms with Crippen LogP contribution in [0.25, 0.3) is 0 Å². The predicted molar refractivity (Wildman–Crippen MR) is 91.4 cm³/mol. The number of hydrogen-bond acceptors (Lipinski definition) is 7. The molecule has 26 heavy (non-hydrogen) atoms. The maximum atomic E-state index is 9.66. The third kappa shape index (κ3) is 2.35. The van der Waals surface area contributed by atoms with E-state index >= 15 is 0 Å². The topological polar surface area (TPSA) is 96.0 Å². The normalized spacial score (nSPS) is 17.2. The van der Waals surface area contributed by atoms with Crippen LogP contribution < -0.4 is 29.4 Å². The summed E-state index contributed by atoms with van der Waals surface area (Å²) in [6, 6.07) is 11.2. The summed E-state index contributed by atoms with van der Waals surface area (Å²) < 4.78 is 27.2. The first kappa shape index (κ1) is 16.0. The van der Waals surface area contributed by atoms with Crippen molar-refractivity contribution >= 4 is 0 Å². The summed E-state index contributed by atoms with van der Waals surface area (Å²) in [4.78, 5) is 0. The van der Waals surface area contributed by atoms with Gasteiger partial charge in [-0.05, 0) is 23.8 Å². The van der Waals surface area contributed by atoms with E-state index in [1.165, 1.54) is 0 Å². The Morgan fingerprint density at radius 3 is 2.46 bits per heavy atom. The lowest BCUT2D eigenvalue weighted by Crippen LogP contribution is -2.21. The molecule has 0 fully saturated rings. The maximum absolute atomic E-state index is 9.66. The number of rotatable bonds is 3. The Labute approximate surface area is 150 Å². The minimum atomic E-state index is -0.418. The zero-order chi connectivity index (χ0) is 18.3. The molecule has 2 aromatic rings. The zero-order valence-corrected chi connectivity index (χ0v) is 14.2. The molecular weight excluding hydrogens is 336 g/mol. The Balaban J connectivity index is 1.91. The van der Waals surface area contributed by atoms with Crippen molar-refractivity contribution in [2.45, 2.75) is 5.92 Å². The van der Waals surface area contributed by atoms with Crippen molar-refractivity contribution in [3.8, 4) is 34.8 Å². The minimum absolute atomic E-state index is 0.0682. The largest absolute Gasteiger partial charge is 0.493 e. The van der Waals surface area contributed by atoms with Gasteiger partial charge in [0, 0.05) is 11.6 Å². The Morgan fingerprint density at radius 1 is 1.04 bits per heavy atom. The molecule has 0 amide bonds. The molecule has 0 spiro atoms. The highest BCUT2D eigenvalue weighted by Gasteiger charge is 2.33. The van der Waals surface area contributed by atoms with Crippen LogP contribution in [-0.4, -0.2) is 21.0 Å². The van der Waals surface area contributed by atoms with E-state index in [0.29, 0.717) is 34.3 Å². The van der Waals surface area contributed by atoms with Crippen LogP contribution in [0.4, 0.5) is 0 Å². The van der Waals surface area contributed by atoms with Gasteiger partial charge in [-0.1, -0.05) is 6.07 Å². The van der Waals surface area contributed by atoms with Crippen LogP contribution in [0, 0.1) is 11.3 Å². The summed E-state index contributed by atoms with van der Waals surface area (Å²) in [5, 5.41) is 9.66. The highest BCUT2D eigenvalue weighted by molar-refractivity contribution is 5.62. The van der Waals surface area contributed by atoms with Crippen molar-refractivity contribution < 1.29 is 23.7 Å². The molecule has 2 aromatic carbocycles. The van der Waals surface area contributed by atoms with E-state index in [-0.39, 0.29) is 12.7 Å². The third-order valence-electron chi connectivity index (χ3n) is 4.45. The lowest BCUT2D eigenvalue weighted by molar-refractivity contribution is 0.174. The molecule has 0 saturated carbocycles. The number of fused-ring (bicyclic) bond motifs is 2.